The maximum absolute atomic E-state index is 10.4. The van der Waals surface area contributed by atoms with E-state index in [1.165, 1.54) is 0 Å². The second kappa shape index (κ2) is 7.16. The third kappa shape index (κ3) is 10.1. The fraction of sp³-hybridized carbons (Fsp3) is 1.00. The van der Waals surface area contributed by atoms with Gasteiger partial charge in [-0.2, -0.15) is 0 Å². The van der Waals surface area contributed by atoms with Gasteiger partial charge in [-0.1, -0.05) is 13.8 Å². The van der Waals surface area contributed by atoms with Crippen LogP contribution in [0.15, 0.2) is 0 Å². The van der Waals surface area contributed by atoms with E-state index in [0.29, 0.717) is 19.0 Å². The highest BCUT2D eigenvalue weighted by atomic mass is 32.2. The average molecular weight is 238 g/mol. The van der Waals surface area contributed by atoms with E-state index in [2.05, 4.69) is 13.8 Å². The molecule has 5 nitrogen and oxygen atoms in total. The third-order valence-corrected chi connectivity index (χ3v) is 2.78. The number of hydrogen-bond acceptors (Lipinski definition) is 5. The first-order valence-electron chi connectivity index (χ1n) is 5.12. The first kappa shape index (κ1) is 14.8. The van der Waals surface area contributed by atoms with E-state index in [0.717, 1.165) is 6.42 Å². The molecule has 0 radical (unpaired) electrons. The van der Waals surface area contributed by atoms with Gasteiger partial charge in [-0.05, 0) is 18.9 Å². The summed E-state index contributed by atoms with van der Waals surface area (Å²) in [5.74, 6) is 0.139. The van der Waals surface area contributed by atoms with Crippen LogP contribution in [0.25, 0.3) is 0 Å². The predicted molar refractivity (Wildman–Crippen MR) is 57.5 cm³/mol. The number of rotatable bonds is 8. The maximum atomic E-state index is 10.4. The van der Waals surface area contributed by atoms with Crippen LogP contribution in [-0.4, -0.2) is 55.0 Å². The van der Waals surface area contributed by atoms with Gasteiger partial charge >= 0.3 is 0 Å². The largest absolute Gasteiger partial charge is 0.748 e. The number of aliphatic hydroxyl groups is 1. The Bertz CT molecular complexity index is 251. The van der Waals surface area contributed by atoms with Crippen molar-refractivity contribution in [2.75, 3.05) is 32.0 Å². The van der Waals surface area contributed by atoms with Crippen LogP contribution in [0.5, 0.6) is 0 Å². The second-order valence-electron chi connectivity index (χ2n) is 4.01. The molecule has 0 aliphatic rings. The molecule has 0 unspecified atom stereocenters. The van der Waals surface area contributed by atoms with Crippen LogP contribution in [0.2, 0.25) is 0 Å². The SMILES string of the molecule is CC(C)CCN(CCO)CCS(=O)(=O)[O-]. The molecule has 0 aromatic heterocycles. The fourth-order valence-corrected chi connectivity index (χ4v) is 1.64. The van der Waals surface area contributed by atoms with Gasteiger partial charge in [-0.15, -0.1) is 0 Å². The van der Waals surface area contributed by atoms with Crippen LogP contribution >= 0.6 is 0 Å². The Hall–Kier alpha value is -0.170. The van der Waals surface area contributed by atoms with Crippen molar-refractivity contribution in [3.05, 3.63) is 0 Å². The van der Waals surface area contributed by atoms with Gasteiger partial charge in [-0.3, -0.25) is 0 Å². The van der Waals surface area contributed by atoms with E-state index in [-0.39, 0.29) is 18.9 Å². The summed E-state index contributed by atoms with van der Waals surface area (Å²) < 4.78 is 31.3. The van der Waals surface area contributed by atoms with Crippen LogP contribution in [0.1, 0.15) is 20.3 Å². The normalized spacial score (nSPS) is 12.7. The molecule has 0 saturated carbocycles. The average Bonchev–Trinajstić information content (AvgIpc) is 2.08. The molecule has 0 rings (SSSR count). The van der Waals surface area contributed by atoms with Gasteiger partial charge in [0.2, 0.25) is 0 Å². The molecule has 0 spiro atoms. The Morgan fingerprint density at radius 2 is 1.87 bits per heavy atom. The molecule has 1 N–H and O–H groups in total. The van der Waals surface area contributed by atoms with Gasteiger partial charge in [0.25, 0.3) is 0 Å². The Morgan fingerprint density at radius 1 is 1.27 bits per heavy atom. The minimum Gasteiger partial charge on any atom is -0.748 e. The highest BCUT2D eigenvalue weighted by molar-refractivity contribution is 7.85. The summed E-state index contributed by atoms with van der Waals surface area (Å²) in [4.78, 5) is 1.80. The summed E-state index contributed by atoms with van der Waals surface area (Å²) in [6.45, 7) is 5.47. The zero-order valence-electron chi connectivity index (χ0n) is 9.35. The van der Waals surface area contributed by atoms with Crippen LogP contribution in [0, 0.1) is 5.92 Å². The third-order valence-electron chi connectivity index (χ3n) is 2.10. The predicted octanol–water partition coefficient (Wildman–Crippen LogP) is -0.128. The summed E-state index contributed by atoms with van der Waals surface area (Å²) in [7, 11) is -4.15. The van der Waals surface area contributed by atoms with E-state index in [1.54, 1.807) is 4.90 Å². The Balaban J connectivity index is 3.93. The quantitative estimate of drug-likeness (QED) is 0.596. The van der Waals surface area contributed by atoms with E-state index in [9.17, 15) is 13.0 Å². The van der Waals surface area contributed by atoms with Crippen molar-refractivity contribution >= 4 is 10.1 Å². The second-order valence-corrected chi connectivity index (χ2v) is 5.53. The summed E-state index contributed by atoms with van der Waals surface area (Å²) in [6.07, 6.45) is 0.929. The van der Waals surface area contributed by atoms with E-state index >= 15 is 0 Å². The zero-order valence-corrected chi connectivity index (χ0v) is 10.2. The monoisotopic (exact) mass is 238 g/mol. The number of hydrogen-bond donors (Lipinski definition) is 1. The molecule has 92 valence electrons. The molecule has 0 amide bonds. The van der Waals surface area contributed by atoms with E-state index in [4.69, 9.17) is 5.11 Å². The molecule has 0 fully saturated rings. The minimum absolute atomic E-state index is 0.0169. The van der Waals surface area contributed by atoms with Gasteiger partial charge < -0.3 is 14.6 Å². The van der Waals surface area contributed by atoms with Crippen LogP contribution in [-0.2, 0) is 10.1 Å². The molecular weight excluding hydrogens is 218 g/mol. The molecule has 0 aromatic rings. The Morgan fingerprint density at radius 3 is 2.27 bits per heavy atom. The smallest absolute Gasteiger partial charge is 0.0958 e. The van der Waals surface area contributed by atoms with Crippen molar-refractivity contribution in [1.82, 2.24) is 4.90 Å². The molecule has 0 aliphatic heterocycles. The lowest BCUT2D eigenvalue weighted by Crippen LogP contribution is -2.33. The van der Waals surface area contributed by atoms with Crippen molar-refractivity contribution in [2.45, 2.75) is 20.3 Å². The number of nitrogens with zero attached hydrogens (tertiary/aromatic N) is 1. The van der Waals surface area contributed by atoms with Gasteiger partial charge in [0, 0.05) is 13.1 Å². The maximum Gasteiger partial charge on any atom is 0.0958 e. The highest BCUT2D eigenvalue weighted by Crippen LogP contribution is 2.02. The first-order chi connectivity index (χ1) is 6.85. The van der Waals surface area contributed by atoms with E-state index < -0.39 is 10.1 Å². The lowest BCUT2D eigenvalue weighted by Gasteiger charge is -2.22. The molecule has 0 heterocycles. The summed E-state index contributed by atoms with van der Waals surface area (Å²) >= 11 is 0. The Labute approximate surface area is 91.8 Å². The van der Waals surface area contributed by atoms with Gasteiger partial charge in [-0.25, -0.2) is 8.42 Å². The zero-order chi connectivity index (χ0) is 11.9. The molecule has 15 heavy (non-hydrogen) atoms. The van der Waals surface area contributed by atoms with Gasteiger partial charge in [0.1, 0.15) is 0 Å². The van der Waals surface area contributed by atoms with Crippen molar-refractivity contribution in [2.24, 2.45) is 5.92 Å². The van der Waals surface area contributed by atoms with Crippen molar-refractivity contribution < 1.29 is 18.1 Å². The van der Waals surface area contributed by atoms with Gasteiger partial charge in [0.05, 0.1) is 22.5 Å². The van der Waals surface area contributed by atoms with Crippen molar-refractivity contribution in [3.8, 4) is 0 Å². The van der Waals surface area contributed by atoms with Crippen LogP contribution < -0.4 is 0 Å². The van der Waals surface area contributed by atoms with Crippen LogP contribution in [0.3, 0.4) is 0 Å². The summed E-state index contributed by atoms with van der Waals surface area (Å²) in [6, 6.07) is 0. The Kier molecular flexibility index (Phi) is 7.08. The highest BCUT2D eigenvalue weighted by Gasteiger charge is 2.07. The minimum atomic E-state index is -4.15. The van der Waals surface area contributed by atoms with Gasteiger partial charge in [0.15, 0.2) is 0 Å². The number of aliphatic hydroxyl groups excluding tert-OH is 1. The lowest BCUT2D eigenvalue weighted by molar-refractivity contribution is 0.195. The molecule has 6 heteroatoms. The summed E-state index contributed by atoms with van der Waals surface area (Å²) in [5.41, 5.74) is 0. The molecule has 0 saturated heterocycles. The van der Waals surface area contributed by atoms with E-state index in [1.807, 2.05) is 0 Å². The standard InChI is InChI=1S/C9H21NO4S/c1-9(2)3-4-10(5-7-11)6-8-15(12,13)14/h9,11H,3-8H2,1-2H3,(H,12,13,14)/p-1. The molecule has 0 bridgehead atoms. The lowest BCUT2D eigenvalue weighted by atomic mass is 10.1. The molecular formula is C9H20NO4S-. The molecule has 0 aromatic carbocycles. The molecule has 0 atom stereocenters. The topological polar surface area (TPSA) is 80.7 Å². The fourth-order valence-electron chi connectivity index (χ4n) is 1.16. The van der Waals surface area contributed by atoms with Crippen molar-refractivity contribution in [3.63, 3.8) is 0 Å². The summed E-state index contributed by atoms with van der Waals surface area (Å²) in [5, 5.41) is 8.76. The molecule has 0 aliphatic carbocycles. The van der Waals surface area contributed by atoms with Crippen LogP contribution in [0.4, 0.5) is 0 Å². The first-order valence-corrected chi connectivity index (χ1v) is 6.69. The van der Waals surface area contributed by atoms with Crippen molar-refractivity contribution in [1.29, 1.82) is 0 Å².